The summed E-state index contributed by atoms with van der Waals surface area (Å²) in [7, 11) is 0. The topological polar surface area (TPSA) is 40.5 Å². The predicted octanol–water partition coefficient (Wildman–Crippen LogP) is 2.45. The number of aryl methyl sites for hydroxylation is 1. The van der Waals surface area contributed by atoms with Crippen molar-refractivity contribution in [1.82, 2.24) is 0 Å². The van der Waals surface area contributed by atoms with Gasteiger partial charge in [-0.2, -0.15) is 0 Å². The van der Waals surface area contributed by atoms with Crippen LogP contribution in [0.5, 0.6) is 0 Å². The van der Waals surface area contributed by atoms with Gasteiger partial charge in [0.2, 0.25) is 0 Å². The molecule has 0 fully saturated rings. The average Bonchev–Trinajstić information content (AvgIpc) is 2.16. The van der Waals surface area contributed by atoms with E-state index in [4.69, 9.17) is 11.6 Å². The Morgan fingerprint density at radius 2 is 2.00 bits per heavy atom. The second-order valence-electron chi connectivity index (χ2n) is 3.39. The molecule has 0 radical (unpaired) electrons. The molecule has 0 aliphatic heterocycles. The molecule has 0 aliphatic carbocycles. The molecule has 1 aromatic carbocycles. The lowest BCUT2D eigenvalue weighted by Crippen LogP contribution is -2.18. The number of hydrogen-bond acceptors (Lipinski definition) is 2. The van der Waals surface area contributed by atoms with Crippen LogP contribution >= 0.6 is 11.6 Å². The molecule has 3 heteroatoms. The molecule has 2 nitrogen and oxygen atoms in total. The zero-order valence-corrected chi connectivity index (χ0v) is 9.12. The van der Waals surface area contributed by atoms with E-state index in [9.17, 15) is 10.2 Å². The van der Waals surface area contributed by atoms with Crippen LogP contribution in [0.3, 0.4) is 0 Å². The van der Waals surface area contributed by atoms with Gasteiger partial charge >= 0.3 is 0 Å². The van der Waals surface area contributed by atoms with Gasteiger partial charge in [-0.3, -0.25) is 0 Å². The molecule has 0 saturated heterocycles. The summed E-state index contributed by atoms with van der Waals surface area (Å²) in [6.45, 7) is 3.69. The van der Waals surface area contributed by atoms with E-state index < -0.39 is 12.2 Å². The minimum atomic E-state index is -0.895. The van der Waals surface area contributed by atoms with Crippen LogP contribution in [-0.2, 0) is 0 Å². The molecular formula is C11H15ClO2. The lowest BCUT2D eigenvalue weighted by Gasteiger charge is -2.19. The Morgan fingerprint density at radius 3 is 2.50 bits per heavy atom. The van der Waals surface area contributed by atoms with Crippen LogP contribution in [-0.4, -0.2) is 16.3 Å². The van der Waals surface area contributed by atoms with Crippen LogP contribution in [0.25, 0.3) is 0 Å². The summed E-state index contributed by atoms with van der Waals surface area (Å²) >= 11 is 5.95. The van der Waals surface area contributed by atoms with E-state index in [-0.39, 0.29) is 0 Å². The number of hydrogen-bond donors (Lipinski definition) is 2. The van der Waals surface area contributed by atoms with Crippen molar-refractivity contribution < 1.29 is 10.2 Å². The fourth-order valence-electron chi connectivity index (χ4n) is 1.44. The molecule has 0 aliphatic rings. The maximum Gasteiger partial charge on any atom is 0.107 e. The maximum atomic E-state index is 9.82. The highest BCUT2D eigenvalue weighted by Gasteiger charge is 2.20. The lowest BCUT2D eigenvalue weighted by atomic mass is 9.98. The Morgan fingerprint density at radius 1 is 1.36 bits per heavy atom. The van der Waals surface area contributed by atoms with E-state index in [2.05, 4.69) is 0 Å². The number of aliphatic hydroxyl groups is 2. The first-order valence-electron chi connectivity index (χ1n) is 4.69. The highest BCUT2D eigenvalue weighted by atomic mass is 35.5. The first-order chi connectivity index (χ1) is 6.57. The Labute approximate surface area is 89.1 Å². The number of rotatable bonds is 3. The monoisotopic (exact) mass is 214 g/mol. The summed E-state index contributed by atoms with van der Waals surface area (Å²) < 4.78 is 0. The number of aliphatic hydroxyl groups excluding tert-OH is 2. The van der Waals surface area contributed by atoms with E-state index in [1.54, 1.807) is 6.07 Å². The van der Waals surface area contributed by atoms with Crippen molar-refractivity contribution in [3.8, 4) is 0 Å². The van der Waals surface area contributed by atoms with Gasteiger partial charge in [-0.05, 0) is 25.0 Å². The van der Waals surface area contributed by atoms with Gasteiger partial charge in [-0.15, -0.1) is 0 Å². The van der Waals surface area contributed by atoms with Gasteiger partial charge in [0.25, 0.3) is 0 Å². The molecule has 2 N–H and O–H groups in total. The third-order valence-corrected chi connectivity index (χ3v) is 2.68. The van der Waals surface area contributed by atoms with Gasteiger partial charge in [0.1, 0.15) is 6.10 Å². The zero-order valence-electron chi connectivity index (χ0n) is 8.37. The normalized spacial score (nSPS) is 15.2. The second kappa shape index (κ2) is 4.78. The first kappa shape index (κ1) is 11.5. The smallest absolute Gasteiger partial charge is 0.107 e. The van der Waals surface area contributed by atoms with Gasteiger partial charge < -0.3 is 10.2 Å². The molecular weight excluding hydrogens is 200 g/mol. The van der Waals surface area contributed by atoms with Crippen molar-refractivity contribution in [3.05, 3.63) is 34.3 Å². The zero-order chi connectivity index (χ0) is 10.7. The molecule has 0 heterocycles. The molecule has 78 valence electrons. The molecule has 0 bridgehead atoms. The van der Waals surface area contributed by atoms with Gasteiger partial charge in [-0.1, -0.05) is 30.7 Å². The van der Waals surface area contributed by atoms with Crippen LogP contribution in [0, 0.1) is 6.92 Å². The van der Waals surface area contributed by atoms with E-state index in [0.29, 0.717) is 17.0 Å². The average molecular weight is 215 g/mol. The van der Waals surface area contributed by atoms with E-state index in [1.165, 1.54) is 0 Å². The third-order valence-electron chi connectivity index (χ3n) is 2.35. The van der Waals surface area contributed by atoms with Crippen molar-refractivity contribution >= 4 is 11.6 Å². The minimum absolute atomic E-state index is 0.505. The standard InChI is InChI=1S/C11H15ClO2/c1-3-9(13)11(14)10-7(2)5-4-6-8(10)12/h4-6,9,11,13-14H,3H2,1-2H3. The molecule has 2 unspecified atom stereocenters. The molecule has 0 saturated carbocycles. The largest absolute Gasteiger partial charge is 0.390 e. The summed E-state index contributed by atoms with van der Waals surface area (Å²) in [5.74, 6) is 0. The van der Waals surface area contributed by atoms with Crippen LogP contribution in [0.2, 0.25) is 5.02 Å². The van der Waals surface area contributed by atoms with Crippen molar-refractivity contribution in [2.45, 2.75) is 32.5 Å². The molecule has 14 heavy (non-hydrogen) atoms. The minimum Gasteiger partial charge on any atom is -0.390 e. The van der Waals surface area contributed by atoms with E-state index in [0.717, 1.165) is 5.56 Å². The fraction of sp³-hybridized carbons (Fsp3) is 0.455. The highest BCUT2D eigenvalue weighted by molar-refractivity contribution is 6.31. The fourth-order valence-corrected chi connectivity index (χ4v) is 1.77. The molecule has 0 aromatic heterocycles. The second-order valence-corrected chi connectivity index (χ2v) is 3.80. The Hall–Kier alpha value is -0.570. The van der Waals surface area contributed by atoms with Crippen molar-refractivity contribution in [1.29, 1.82) is 0 Å². The summed E-state index contributed by atoms with van der Waals surface area (Å²) in [6, 6.07) is 5.41. The van der Waals surface area contributed by atoms with Gasteiger partial charge in [0, 0.05) is 10.6 Å². The SMILES string of the molecule is CCC(O)C(O)c1c(C)cccc1Cl. The Balaban J connectivity index is 3.05. The molecule has 0 spiro atoms. The van der Waals surface area contributed by atoms with Crippen molar-refractivity contribution in [2.75, 3.05) is 0 Å². The molecule has 0 amide bonds. The summed E-state index contributed by atoms with van der Waals surface area (Å²) in [4.78, 5) is 0. The summed E-state index contributed by atoms with van der Waals surface area (Å²) in [5.41, 5.74) is 1.53. The number of benzene rings is 1. The lowest BCUT2D eigenvalue weighted by molar-refractivity contribution is 0.0162. The summed E-state index contributed by atoms with van der Waals surface area (Å²) in [5, 5.41) is 19.8. The first-order valence-corrected chi connectivity index (χ1v) is 5.06. The van der Waals surface area contributed by atoms with Crippen LogP contribution in [0.15, 0.2) is 18.2 Å². The number of halogens is 1. The van der Waals surface area contributed by atoms with Gasteiger partial charge in [-0.25, -0.2) is 0 Å². The van der Waals surface area contributed by atoms with Gasteiger partial charge in [0.15, 0.2) is 0 Å². The highest BCUT2D eigenvalue weighted by Crippen LogP contribution is 2.29. The van der Waals surface area contributed by atoms with E-state index >= 15 is 0 Å². The molecule has 1 aromatic rings. The summed E-state index contributed by atoms with van der Waals surface area (Å²) in [6.07, 6.45) is -1.14. The maximum absolute atomic E-state index is 9.82. The van der Waals surface area contributed by atoms with Crippen LogP contribution in [0.1, 0.15) is 30.6 Å². The molecule has 2 atom stereocenters. The Bertz CT molecular complexity index is 292. The quantitative estimate of drug-likeness (QED) is 0.812. The van der Waals surface area contributed by atoms with E-state index in [1.807, 2.05) is 26.0 Å². The van der Waals surface area contributed by atoms with Crippen LogP contribution in [0.4, 0.5) is 0 Å². The predicted molar refractivity (Wildman–Crippen MR) is 57.4 cm³/mol. The Kier molecular flexibility index (Phi) is 3.93. The molecule has 1 rings (SSSR count). The van der Waals surface area contributed by atoms with Crippen molar-refractivity contribution in [2.24, 2.45) is 0 Å². The van der Waals surface area contributed by atoms with Crippen molar-refractivity contribution in [3.63, 3.8) is 0 Å². The van der Waals surface area contributed by atoms with Crippen LogP contribution < -0.4 is 0 Å². The third kappa shape index (κ3) is 2.27. The van der Waals surface area contributed by atoms with Gasteiger partial charge in [0.05, 0.1) is 6.10 Å².